The Balaban J connectivity index is 1.67. The molecule has 5 unspecified atom stereocenters. The number of carboxylic acid groups (broad SMARTS) is 1. The molecule has 3 fully saturated rings. The van der Waals surface area contributed by atoms with Gasteiger partial charge in [-0.15, -0.1) is 0 Å². The van der Waals surface area contributed by atoms with Crippen LogP contribution in [0.3, 0.4) is 0 Å². The van der Waals surface area contributed by atoms with E-state index in [1.54, 1.807) is 0 Å². The molecule has 0 amide bonds. The van der Waals surface area contributed by atoms with E-state index in [2.05, 4.69) is 19.2 Å². The van der Waals surface area contributed by atoms with E-state index in [1.807, 2.05) is 0 Å². The van der Waals surface area contributed by atoms with Crippen LogP contribution in [0.15, 0.2) is 0 Å². The maximum absolute atomic E-state index is 11.5. The van der Waals surface area contributed by atoms with E-state index < -0.39 is 5.97 Å². The summed E-state index contributed by atoms with van der Waals surface area (Å²) in [6.07, 6.45) is 5.41. The lowest BCUT2D eigenvalue weighted by atomic mass is 9.83. The number of ether oxygens (including phenoxy) is 1. The van der Waals surface area contributed by atoms with Gasteiger partial charge in [0.1, 0.15) is 0 Å². The van der Waals surface area contributed by atoms with Gasteiger partial charge in [-0.25, -0.2) is 0 Å². The third-order valence-corrected chi connectivity index (χ3v) is 5.33. The van der Waals surface area contributed by atoms with Crippen LogP contribution in [-0.4, -0.2) is 35.4 Å². The molecule has 4 nitrogen and oxygen atoms in total. The number of hydrogen-bond donors (Lipinski definition) is 2. The largest absolute Gasteiger partial charge is 0.481 e. The maximum atomic E-state index is 11.5. The quantitative estimate of drug-likeness (QED) is 0.821. The number of fused-ring (bicyclic) bond motifs is 2. The zero-order valence-electron chi connectivity index (χ0n) is 11.9. The smallest absolute Gasteiger partial charge is 0.308 e. The van der Waals surface area contributed by atoms with Gasteiger partial charge in [0.2, 0.25) is 0 Å². The molecule has 4 heteroatoms. The molecule has 1 saturated heterocycles. The summed E-state index contributed by atoms with van der Waals surface area (Å²) in [6.45, 7) is 5.02. The monoisotopic (exact) mass is 267 g/mol. The highest BCUT2D eigenvalue weighted by Crippen LogP contribution is 2.49. The zero-order valence-corrected chi connectivity index (χ0v) is 11.9. The van der Waals surface area contributed by atoms with Crippen molar-refractivity contribution < 1.29 is 14.6 Å². The van der Waals surface area contributed by atoms with Gasteiger partial charge >= 0.3 is 5.97 Å². The second kappa shape index (κ2) is 4.74. The highest BCUT2D eigenvalue weighted by atomic mass is 16.5. The predicted octanol–water partition coefficient (Wildman–Crippen LogP) is 2.03. The molecule has 0 spiro atoms. The minimum absolute atomic E-state index is 0.0771. The molecule has 0 aromatic heterocycles. The number of carbonyl (C=O) groups is 1. The Bertz CT molecular complexity index is 368. The van der Waals surface area contributed by atoms with Crippen molar-refractivity contribution in [3.05, 3.63) is 0 Å². The first-order valence-electron chi connectivity index (χ1n) is 7.59. The Labute approximate surface area is 114 Å². The molecule has 5 atom stereocenters. The number of rotatable bonds is 3. The lowest BCUT2D eigenvalue weighted by Crippen LogP contribution is -2.52. The Hall–Kier alpha value is -0.610. The van der Waals surface area contributed by atoms with Crippen LogP contribution in [0.5, 0.6) is 0 Å². The van der Waals surface area contributed by atoms with Gasteiger partial charge in [-0.05, 0) is 57.8 Å². The topological polar surface area (TPSA) is 58.6 Å². The SMILES string of the molecule is CC1(C)CC(NC2C3CCC(C3)C2C(=O)O)CCO1. The molecule has 3 aliphatic rings. The first-order chi connectivity index (χ1) is 8.96. The summed E-state index contributed by atoms with van der Waals surface area (Å²) in [5, 5.41) is 13.1. The van der Waals surface area contributed by atoms with Gasteiger partial charge in [0.15, 0.2) is 0 Å². The minimum atomic E-state index is -0.601. The fourth-order valence-corrected chi connectivity index (χ4v) is 4.53. The summed E-state index contributed by atoms with van der Waals surface area (Å²) in [5.41, 5.74) is -0.0771. The zero-order chi connectivity index (χ0) is 13.6. The van der Waals surface area contributed by atoms with Crippen LogP contribution < -0.4 is 5.32 Å². The van der Waals surface area contributed by atoms with E-state index in [4.69, 9.17) is 4.74 Å². The Morgan fingerprint density at radius 3 is 2.68 bits per heavy atom. The molecule has 0 aromatic rings. The van der Waals surface area contributed by atoms with Gasteiger partial charge < -0.3 is 15.2 Å². The fraction of sp³-hybridized carbons (Fsp3) is 0.933. The number of aliphatic carboxylic acids is 1. The van der Waals surface area contributed by atoms with Crippen LogP contribution in [0.4, 0.5) is 0 Å². The molecule has 3 rings (SSSR count). The molecule has 108 valence electrons. The summed E-state index contributed by atoms with van der Waals surface area (Å²) in [5.74, 6) is 0.227. The first kappa shape index (κ1) is 13.4. The van der Waals surface area contributed by atoms with E-state index >= 15 is 0 Å². The molecular weight excluding hydrogens is 242 g/mol. The lowest BCUT2D eigenvalue weighted by molar-refractivity contribution is -0.144. The molecule has 19 heavy (non-hydrogen) atoms. The summed E-state index contributed by atoms with van der Waals surface area (Å²) in [6, 6.07) is 0.602. The van der Waals surface area contributed by atoms with Gasteiger partial charge in [0, 0.05) is 18.7 Å². The minimum Gasteiger partial charge on any atom is -0.481 e. The van der Waals surface area contributed by atoms with E-state index in [0.717, 1.165) is 32.3 Å². The average molecular weight is 267 g/mol. The van der Waals surface area contributed by atoms with Crippen LogP contribution in [0.25, 0.3) is 0 Å². The van der Waals surface area contributed by atoms with Crippen molar-refractivity contribution in [3.8, 4) is 0 Å². The van der Waals surface area contributed by atoms with E-state index in [9.17, 15) is 9.90 Å². The third-order valence-electron chi connectivity index (χ3n) is 5.33. The van der Waals surface area contributed by atoms with Crippen LogP contribution >= 0.6 is 0 Å². The van der Waals surface area contributed by atoms with Gasteiger partial charge in [0.05, 0.1) is 11.5 Å². The Kier molecular flexibility index (Phi) is 3.34. The van der Waals surface area contributed by atoms with Crippen molar-refractivity contribution in [1.29, 1.82) is 0 Å². The van der Waals surface area contributed by atoms with Crippen LogP contribution in [0, 0.1) is 17.8 Å². The van der Waals surface area contributed by atoms with E-state index in [0.29, 0.717) is 17.9 Å². The first-order valence-corrected chi connectivity index (χ1v) is 7.59. The summed E-state index contributed by atoms with van der Waals surface area (Å²) >= 11 is 0. The Morgan fingerprint density at radius 1 is 1.26 bits per heavy atom. The lowest BCUT2D eigenvalue weighted by Gasteiger charge is -2.39. The number of carboxylic acids is 1. The van der Waals surface area contributed by atoms with Gasteiger partial charge in [-0.3, -0.25) is 4.79 Å². The average Bonchev–Trinajstić information content (AvgIpc) is 2.87. The van der Waals surface area contributed by atoms with Gasteiger partial charge in [0.25, 0.3) is 0 Å². The van der Waals surface area contributed by atoms with Crippen molar-refractivity contribution in [2.24, 2.45) is 17.8 Å². The summed E-state index contributed by atoms with van der Waals surface area (Å²) in [7, 11) is 0. The van der Waals surface area contributed by atoms with Gasteiger partial charge in [-0.2, -0.15) is 0 Å². The summed E-state index contributed by atoms with van der Waals surface area (Å²) in [4.78, 5) is 11.5. The molecule has 1 heterocycles. The molecule has 0 radical (unpaired) electrons. The van der Waals surface area contributed by atoms with Crippen molar-refractivity contribution in [1.82, 2.24) is 5.32 Å². The van der Waals surface area contributed by atoms with Crippen molar-refractivity contribution in [2.75, 3.05) is 6.61 Å². The van der Waals surface area contributed by atoms with Crippen molar-refractivity contribution in [2.45, 2.75) is 63.6 Å². The van der Waals surface area contributed by atoms with E-state index in [1.165, 1.54) is 6.42 Å². The van der Waals surface area contributed by atoms with Gasteiger partial charge in [-0.1, -0.05) is 0 Å². The second-order valence-electron chi connectivity index (χ2n) is 7.19. The van der Waals surface area contributed by atoms with E-state index in [-0.39, 0.29) is 17.6 Å². The molecular formula is C15H25NO3. The summed E-state index contributed by atoms with van der Waals surface area (Å²) < 4.78 is 5.74. The molecule has 2 aliphatic carbocycles. The molecule has 2 bridgehead atoms. The van der Waals surface area contributed by atoms with Crippen LogP contribution in [0.1, 0.15) is 46.0 Å². The van der Waals surface area contributed by atoms with Crippen molar-refractivity contribution in [3.63, 3.8) is 0 Å². The number of nitrogens with one attached hydrogen (secondary N) is 1. The molecule has 2 N–H and O–H groups in total. The molecule has 2 saturated carbocycles. The Morgan fingerprint density at radius 2 is 2.00 bits per heavy atom. The standard InChI is InChI=1S/C15H25NO3/c1-15(2)8-11(5-6-19-15)16-13-10-4-3-9(7-10)12(13)14(17)18/h9-13,16H,3-8H2,1-2H3,(H,17,18). The maximum Gasteiger partial charge on any atom is 0.308 e. The number of hydrogen-bond acceptors (Lipinski definition) is 3. The predicted molar refractivity (Wildman–Crippen MR) is 71.9 cm³/mol. The fourth-order valence-electron chi connectivity index (χ4n) is 4.53. The molecule has 0 aromatic carbocycles. The molecule has 1 aliphatic heterocycles. The van der Waals surface area contributed by atoms with Crippen LogP contribution in [-0.2, 0) is 9.53 Å². The van der Waals surface area contributed by atoms with Crippen molar-refractivity contribution >= 4 is 5.97 Å². The van der Waals surface area contributed by atoms with Crippen LogP contribution in [0.2, 0.25) is 0 Å². The second-order valence-corrected chi connectivity index (χ2v) is 7.19. The normalized spacial score (nSPS) is 44.4. The third kappa shape index (κ3) is 2.52. The highest BCUT2D eigenvalue weighted by Gasteiger charge is 2.51. The highest BCUT2D eigenvalue weighted by molar-refractivity contribution is 5.72.